The second-order valence-corrected chi connectivity index (χ2v) is 9.27. The van der Waals surface area contributed by atoms with Crippen LogP contribution in [0.2, 0.25) is 0 Å². The maximum absolute atomic E-state index is 12.5. The third-order valence-corrected chi connectivity index (χ3v) is 6.69. The molecule has 3 aliphatic rings. The highest BCUT2D eigenvalue weighted by atomic mass is 79.9. The van der Waals surface area contributed by atoms with Crippen molar-refractivity contribution in [2.45, 2.75) is 38.3 Å². The van der Waals surface area contributed by atoms with Gasteiger partial charge in [-0.05, 0) is 59.5 Å². The molecule has 0 spiro atoms. The maximum Gasteiger partial charge on any atom is 0.337 e. The van der Waals surface area contributed by atoms with Gasteiger partial charge in [-0.25, -0.2) is 9.59 Å². The van der Waals surface area contributed by atoms with Crippen molar-refractivity contribution in [1.29, 1.82) is 0 Å². The van der Waals surface area contributed by atoms with Crippen LogP contribution in [-0.2, 0) is 25.5 Å². The van der Waals surface area contributed by atoms with E-state index in [0.29, 0.717) is 27.9 Å². The molecule has 0 radical (unpaired) electrons. The average Bonchev–Trinajstić information content (AvgIpc) is 3.71. The lowest BCUT2D eigenvalue weighted by Gasteiger charge is -2.36. The van der Waals surface area contributed by atoms with Gasteiger partial charge in [-0.1, -0.05) is 18.2 Å². The van der Waals surface area contributed by atoms with Gasteiger partial charge in [-0.15, -0.1) is 0 Å². The van der Waals surface area contributed by atoms with E-state index < -0.39 is 29.5 Å². The van der Waals surface area contributed by atoms with Crippen LogP contribution < -0.4 is 15.0 Å². The smallest absolute Gasteiger partial charge is 0.337 e. The summed E-state index contributed by atoms with van der Waals surface area (Å²) in [5.41, 5.74) is 3.18. The highest BCUT2D eigenvalue weighted by Gasteiger charge is 2.50. The first kappa shape index (κ1) is 25.4. The number of ketones is 2. The predicted octanol–water partition coefficient (Wildman–Crippen LogP) is 3.75. The van der Waals surface area contributed by atoms with Crippen LogP contribution in [0.3, 0.4) is 0 Å². The zero-order valence-corrected chi connectivity index (χ0v) is 21.3. The Labute approximate surface area is 216 Å². The molecule has 1 aliphatic carbocycles. The van der Waals surface area contributed by atoms with Crippen LogP contribution in [0.5, 0.6) is 5.75 Å². The summed E-state index contributed by atoms with van der Waals surface area (Å²) in [6.45, 7) is 1.82. The fourth-order valence-corrected chi connectivity index (χ4v) is 4.74. The Morgan fingerprint density at radius 3 is 2.53 bits per heavy atom. The van der Waals surface area contributed by atoms with Crippen molar-refractivity contribution in [1.82, 2.24) is 0 Å². The number of nitrogens with zero attached hydrogens (tertiary/aromatic N) is 1. The first-order valence-corrected chi connectivity index (χ1v) is 12.2. The number of carboxylic acids is 1. The normalized spacial score (nSPS) is 18.0. The lowest BCUT2D eigenvalue weighted by atomic mass is 9.92. The molecule has 2 aromatic carbocycles. The molecular weight excluding hydrogens is 532 g/mol. The number of methoxy groups -OCH3 is 1. The molecule has 5 rings (SSSR count). The molecule has 2 N–H and O–H groups in total. The Bertz CT molecular complexity index is 1270. The second kappa shape index (κ2) is 10.5. The number of ether oxygens (including phenoxy) is 2. The van der Waals surface area contributed by atoms with Crippen LogP contribution in [0, 0.1) is 0 Å². The van der Waals surface area contributed by atoms with Gasteiger partial charge in [0.1, 0.15) is 0 Å². The highest BCUT2D eigenvalue weighted by Crippen LogP contribution is 2.47. The Kier molecular flexibility index (Phi) is 7.44. The molecule has 2 aromatic rings. The first-order valence-electron chi connectivity index (χ1n) is 11.4. The summed E-state index contributed by atoms with van der Waals surface area (Å²) in [7, 11) is 1.49. The van der Waals surface area contributed by atoms with Crippen molar-refractivity contribution in [3.05, 3.63) is 63.8 Å². The fraction of sp³-hybridized carbons (Fsp3) is 0.308. The first-order chi connectivity index (χ1) is 17.3. The standard InChI is InChI=1S/C16H16BrNO5.C10H9NO2/c1-3-23-16(21)12-14(20)13(19)9-6-7-10(17)15(22-2)11(9)18(12)8-4-5-8;12-10(13)8-5-7-3-1-2-4-9(7)11-6-8/h6-8,12H,3-5H2,1-2H3;1-4,6,11H,5H2,(H,12,13). The van der Waals surface area contributed by atoms with Gasteiger partial charge in [0.2, 0.25) is 11.6 Å². The van der Waals surface area contributed by atoms with E-state index in [2.05, 4.69) is 21.2 Å². The molecule has 2 heterocycles. The van der Waals surface area contributed by atoms with E-state index in [1.165, 1.54) is 7.11 Å². The number of rotatable bonds is 5. The minimum atomic E-state index is -1.23. The van der Waals surface area contributed by atoms with Crippen LogP contribution in [0.15, 0.2) is 52.6 Å². The number of hydrogen-bond donors (Lipinski definition) is 2. The Morgan fingerprint density at radius 2 is 1.89 bits per heavy atom. The van der Waals surface area contributed by atoms with E-state index in [1.54, 1.807) is 30.2 Å². The number of carboxylic acid groups (broad SMARTS) is 1. The SMILES string of the molecule is CCOC(=O)C1C(=O)C(=O)c2ccc(Br)c(OC)c2N1C1CC1.O=C(O)C1=CNc2ccccc2C1. The minimum absolute atomic E-state index is 0.0309. The summed E-state index contributed by atoms with van der Waals surface area (Å²) in [4.78, 5) is 49.6. The van der Waals surface area contributed by atoms with Gasteiger partial charge < -0.3 is 24.8 Å². The molecule has 188 valence electrons. The van der Waals surface area contributed by atoms with Crippen molar-refractivity contribution < 1.29 is 33.8 Å². The van der Waals surface area contributed by atoms with Crippen molar-refractivity contribution in [3.63, 3.8) is 0 Å². The number of aliphatic carboxylic acids is 1. The lowest BCUT2D eigenvalue weighted by Crippen LogP contribution is -2.55. The Morgan fingerprint density at radius 1 is 1.17 bits per heavy atom. The molecule has 9 nitrogen and oxygen atoms in total. The summed E-state index contributed by atoms with van der Waals surface area (Å²) in [5.74, 6) is -2.52. The van der Waals surface area contributed by atoms with Gasteiger partial charge in [0.15, 0.2) is 11.8 Å². The number of anilines is 2. The molecule has 0 amide bonds. The molecule has 1 unspecified atom stereocenters. The molecule has 0 saturated heterocycles. The predicted molar refractivity (Wildman–Crippen MR) is 135 cm³/mol. The molecule has 2 aliphatic heterocycles. The topological polar surface area (TPSA) is 122 Å². The number of hydrogen-bond acceptors (Lipinski definition) is 8. The minimum Gasteiger partial charge on any atom is -0.493 e. The van der Waals surface area contributed by atoms with E-state index in [1.807, 2.05) is 24.3 Å². The van der Waals surface area contributed by atoms with Gasteiger partial charge in [-0.3, -0.25) is 9.59 Å². The van der Waals surface area contributed by atoms with E-state index in [9.17, 15) is 19.2 Å². The van der Waals surface area contributed by atoms with Crippen LogP contribution in [0.1, 0.15) is 35.7 Å². The molecule has 1 fully saturated rings. The van der Waals surface area contributed by atoms with Crippen LogP contribution >= 0.6 is 15.9 Å². The zero-order valence-electron chi connectivity index (χ0n) is 19.7. The largest absolute Gasteiger partial charge is 0.493 e. The van der Waals surface area contributed by atoms with Gasteiger partial charge in [-0.2, -0.15) is 0 Å². The van der Waals surface area contributed by atoms with Crippen molar-refractivity contribution >= 4 is 50.8 Å². The molecular formula is C26H25BrN2O7. The monoisotopic (exact) mass is 556 g/mol. The molecule has 1 atom stereocenters. The molecule has 0 bridgehead atoms. The Balaban J connectivity index is 0.000000197. The molecule has 0 aromatic heterocycles. The van der Waals surface area contributed by atoms with Gasteiger partial charge in [0, 0.05) is 24.4 Å². The number of nitrogens with one attached hydrogen (secondary N) is 1. The van der Waals surface area contributed by atoms with Crippen LogP contribution in [0.4, 0.5) is 11.4 Å². The number of fused-ring (bicyclic) bond motifs is 2. The quantitative estimate of drug-likeness (QED) is 0.322. The summed E-state index contributed by atoms with van der Waals surface area (Å²) >= 11 is 3.39. The number of Topliss-reactive ketones (excluding diaryl/α,β-unsaturated/α-hetero) is 2. The zero-order chi connectivity index (χ0) is 26.0. The van der Waals surface area contributed by atoms with Gasteiger partial charge >= 0.3 is 11.9 Å². The number of halogens is 1. The number of benzene rings is 2. The number of carbonyl (C=O) groups excluding carboxylic acids is 3. The van der Waals surface area contributed by atoms with E-state index in [0.717, 1.165) is 24.1 Å². The Hall–Kier alpha value is -3.66. The molecule has 1 saturated carbocycles. The van der Waals surface area contributed by atoms with E-state index in [-0.39, 0.29) is 18.2 Å². The number of esters is 1. The maximum atomic E-state index is 12.5. The lowest BCUT2D eigenvalue weighted by molar-refractivity contribution is -0.147. The molecule has 10 heteroatoms. The summed E-state index contributed by atoms with van der Waals surface area (Å²) in [6.07, 6.45) is 3.75. The van der Waals surface area contributed by atoms with Crippen molar-refractivity contribution in [2.24, 2.45) is 0 Å². The number of carbonyl (C=O) groups is 4. The second-order valence-electron chi connectivity index (χ2n) is 8.42. The average molecular weight is 557 g/mol. The van der Waals surface area contributed by atoms with Gasteiger partial charge in [0.25, 0.3) is 0 Å². The summed E-state index contributed by atoms with van der Waals surface area (Å²) < 4.78 is 11.1. The van der Waals surface area contributed by atoms with E-state index in [4.69, 9.17) is 14.6 Å². The fourth-order valence-electron chi connectivity index (χ4n) is 4.25. The van der Waals surface area contributed by atoms with Gasteiger partial charge in [0.05, 0.1) is 35.0 Å². The van der Waals surface area contributed by atoms with Crippen LogP contribution in [-0.4, -0.2) is 54.4 Å². The number of para-hydroxylation sites is 1. The highest BCUT2D eigenvalue weighted by molar-refractivity contribution is 9.10. The van der Waals surface area contributed by atoms with E-state index >= 15 is 0 Å². The third-order valence-electron chi connectivity index (χ3n) is 6.07. The molecule has 36 heavy (non-hydrogen) atoms. The third kappa shape index (κ3) is 4.86. The van der Waals surface area contributed by atoms with Crippen molar-refractivity contribution in [3.8, 4) is 5.75 Å². The van der Waals surface area contributed by atoms with Crippen LogP contribution in [0.25, 0.3) is 0 Å². The van der Waals surface area contributed by atoms with Crippen molar-refractivity contribution in [2.75, 3.05) is 23.9 Å². The summed E-state index contributed by atoms with van der Waals surface area (Å²) in [6, 6.07) is 9.74. The summed E-state index contributed by atoms with van der Waals surface area (Å²) in [5, 5.41) is 11.7.